The number of nitrogens with zero attached hydrogens (tertiary/aromatic N) is 1. The van der Waals surface area contributed by atoms with Gasteiger partial charge in [0.2, 0.25) is 0 Å². The van der Waals surface area contributed by atoms with Crippen LogP contribution in [0.15, 0.2) is 97.2 Å². The van der Waals surface area contributed by atoms with Gasteiger partial charge in [0, 0.05) is 19.3 Å². The number of carbonyl (C=O) groups is 3. The predicted octanol–water partition coefficient (Wildman–Crippen LogP) is 12.3. The first-order valence-electron chi connectivity index (χ1n) is 22.3. The van der Waals surface area contributed by atoms with Crippen LogP contribution in [0.2, 0.25) is 0 Å². The van der Waals surface area contributed by atoms with E-state index in [2.05, 4.69) is 111 Å². The molecule has 58 heavy (non-hydrogen) atoms. The van der Waals surface area contributed by atoms with E-state index in [0.29, 0.717) is 19.3 Å². The number of likely N-dealkylation sites (N-methyl/N-ethyl adjacent to an activating group) is 1. The maximum absolute atomic E-state index is 12.7. The molecule has 0 fully saturated rings. The van der Waals surface area contributed by atoms with Gasteiger partial charge >= 0.3 is 17.9 Å². The standard InChI is InChI=1S/C50H81NO7/c1-6-8-10-12-14-16-18-20-22-23-24-25-26-27-29-30-32-34-36-38-40-48(52)57-45-46(44-56-43-42-47(50(54)55)51(3,4)5)58-49(53)41-39-37-35-33-31-28-21-19-17-15-13-11-9-7-2/h8-11,14-17,20,22,24-25,27,29,32,34,46-47H,6-7,12-13,18-19,21,23,26,28,30-31,33,35-45H2,1-5H3/p+1/b10-8+,11-9+,16-14+,17-15+,22-20+,25-24+,29-27+,34-32+. The summed E-state index contributed by atoms with van der Waals surface area (Å²) in [5.74, 6) is -1.57. The first kappa shape index (κ1) is 54.2. The van der Waals surface area contributed by atoms with E-state index in [0.717, 1.165) is 89.9 Å². The van der Waals surface area contributed by atoms with Crippen molar-refractivity contribution in [2.24, 2.45) is 0 Å². The largest absolute Gasteiger partial charge is 0.477 e. The molecule has 0 spiro atoms. The SMILES string of the molecule is CC/C=C/C/C=C/C/C=C/C/C=C/C/C=C/C/C=C/CCCC(=O)OCC(COCCC(C(=O)O)[N+](C)(C)C)OC(=O)CCCCCCCCC/C=C/C/C=C/CC. The normalized spacial score (nSPS) is 13.9. The third-order valence-corrected chi connectivity index (χ3v) is 9.23. The van der Waals surface area contributed by atoms with Crippen molar-refractivity contribution in [1.29, 1.82) is 0 Å². The molecule has 0 rings (SSSR count). The van der Waals surface area contributed by atoms with Crippen molar-refractivity contribution >= 4 is 17.9 Å². The van der Waals surface area contributed by atoms with Gasteiger partial charge in [0.05, 0.1) is 34.4 Å². The number of hydrogen-bond donors (Lipinski definition) is 1. The second-order valence-electron chi connectivity index (χ2n) is 15.5. The molecule has 0 amide bonds. The maximum Gasteiger partial charge on any atom is 0.362 e. The van der Waals surface area contributed by atoms with Crippen LogP contribution in [0.4, 0.5) is 0 Å². The van der Waals surface area contributed by atoms with Crippen molar-refractivity contribution in [2.45, 2.75) is 161 Å². The van der Waals surface area contributed by atoms with Crippen LogP contribution >= 0.6 is 0 Å². The minimum absolute atomic E-state index is 0.0334. The molecule has 0 bridgehead atoms. The summed E-state index contributed by atoms with van der Waals surface area (Å²) in [6.07, 6.45) is 53.2. The summed E-state index contributed by atoms with van der Waals surface area (Å²) < 4.78 is 17.2. The number of carboxylic acid groups (broad SMARTS) is 1. The van der Waals surface area contributed by atoms with Gasteiger partial charge in [0.1, 0.15) is 6.61 Å². The predicted molar refractivity (Wildman–Crippen MR) is 243 cm³/mol. The van der Waals surface area contributed by atoms with Gasteiger partial charge < -0.3 is 23.8 Å². The lowest BCUT2D eigenvalue weighted by Gasteiger charge is -2.31. The Morgan fingerprint density at radius 1 is 0.517 bits per heavy atom. The number of quaternary nitrogens is 1. The number of carbonyl (C=O) groups excluding carboxylic acids is 2. The van der Waals surface area contributed by atoms with E-state index in [1.165, 1.54) is 19.3 Å². The zero-order chi connectivity index (χ0) is 42.8. The van der Waals surface area contributed by atoms with E-state index in [-0.39, 0.29) is 42.7 Å². The number of hydrogen-bond acceptors (Lipinski definition) is 6. The molecule has 0 aliphatic rings. The highest BCUT2D eigenvalue weighted by molar-refractivity contribution is 5.72. The van der Waals surface area contributed by atoms with Gasteiger partial charge in [-0.2, -0.15) is 0 Å². The molecule has 2 atom stereocenters. The molecule has 0 saturated carbocycles. The summed E-state index contributed by atoms with van der Waals surface area (Å²) in [4.78, 5) is 37.0. The van der Waals surface area contributed by atoms with Gasteiger partial charge in [0.25, 0.3) is 0 Å². The quantitative estimate of drug-likeness (QED) is 0.0287. The van der Waals surface area contributed by atoms with Crippen molar-refractivity contribution in [3.63, 3.8) is 0 Å². The Bertz CT molecular complexity index is 1260. The van der Waals surface area contributed by atoms with Crippen LogP contribution < -0.4 is 0 Å². The fourth-order valence-electron chi connectivity index (χ4n) is 5.85. The Labute approximate surface area is 354 Å². The van der Waals surface area contributed by atoms with Gasteiger partial charge in [-0.3, -0.25) is 9.59 Å². The Balaban J connectivity index is 4.46. The van der Waals surface area contributed by atoms with Crippen LogP contribution in [0.25, 0.3) is 0 Å². The number of esters is 2. The monoisotopic (exact) mass is 809 g/mol. The highest BCUT2D eigenvalue weighted by atomic mass is 16.6. The molecule has 328 valence electrons. The van der Waals surface area contributed by atoms with Crippen LogP contribution in [0.3, 0.4) is 0 Å². The minimum Gasteiger partial charge on any atom is -0.477 e. The van der Waals surface area contributed by atoms with E-state index in [9.17, 15) is 19.5 Å². The van der Waals surface area contributed by atoms with Crippen LogP contribution in [-0.4, -0.2) is 80.6 Å². The average Bonchev–Trinajstić information content (AvgIpc) is 3.18. The fraction of sp³-hybridized carbons (Fsp3) is 0.620. The van der Waals surface area contributed by atoms with E-state index in [4.69, 9.17) is 14.2 Å². The van der Waals surface area contributed by atoms with Gasteiger partial charge in [0.15, 0.2) is 12.1 Å². The molecule has 0 aliphatic heterocycles. The molecule has 0 saturated heterocycles. The summed E-state index contributed by atoms with van der Waals surface area (Å²) in [6.45, 7) is 4.42. The van der Waals surface area contributed by atoms with Gasteiger partial charge in [-0.15, -0.1) is 0 Å². The first-order chi connectivity index (χ1) is 28.1. The third kappa shape index (κ3) is 37.8. The van der Waals surface area contributed by atoms with Crippen molar-refractivity contribution in [3.05, 3.63) is 97.2 Å². The first-order valence-corrected chi connectivity index (χ1v) is 22.3. The van der Waals surface area contributed by atoms with Gasteiger partial charge in [-0.1, -0.05) is 143 Å². The highest BCUT2D eigenvalue weighted by Gasteiger charge is 2.31. The molecule has 8 nitrogen and oxygen atoms in total. The molecule has 0 aliphatic carbocycles. The maximum atomic E-state index is 12.7. The summed E-state index contributed by atoms with van der Waals surface area (Å²) in [5, 5.41) is 9.62. The van der Waals surface area contributed by atoms with Crippen LogP contribution in [0.5, 0.6) is 0 Å². The second kappa shape index (κ2) is 40.0. The molecule has 8 heteroatoms. The van der Waals surface area contributed by atoms with Crippen molar-refractivity contribution in [2.75, 3.05) is 41.0 Å². The van der Waals surface area contributed by atoms with E-state index < -0.39 is 18.1 Å². The Morgan fingerprint density at radius 2 is 0.931 bits per heavy atom. The molecular weight excluding hydrogens is 727 g/mol. The molecular formula is C50H82NO7+. The van der Waals surface area contributed by atoms with Crippen LogP contribution in [0.1, 0.15) is 149 Å². The molecule has 0 aromatic rings. The second-order valence-corrected chi connectivity index (χ2v) is 15.5. The lowest BCUT2D eigenvalue weighted by Crippen LogP contribution is -2.50. The lowest BCUT2D eigenvalue weighted by atomic mass is 10.1. The number of carboxylic acids is 1. The van der Waals surface area contributed by atoms with Gasteiger partial charge in [-0.05, 0) is 83.5 Å². The Hall–Kier alpha value is -3.75. The number of allylic oxidation sites excluding steroid dienone is 16. The smallest absolute Gasteiger partial charge is 0.362 e. The summed E-state index contributed by atoms with van der Waals surface area (Å²) >= 11 is 0. The zero-order valence-electron chi connectivity index (χ0n) is 37.2. The average molecular weight is 809 g/mol. The molecule has 0 radical (unpaired) electrons. The van der Waals surface area contributed by atoms with Crippen LogP contribution in [0, 0.1) is 0 Å². The number of aliphatic carboxylic acids is 1. The Kier molecular flexibility index (Phi) is 37.5. The molecule has 0 aromatic heterocycles. The van der Waals surface area contributed by atoms with E-state index in [1.54, 1.807) is 0 Å². The van der Waals surface area contributed by atoms with E-state index >= 15 is 0 Å². The molecule has 1 N–H and O–H groups in total. The molecule has 0 aromatic carbocycles. The van der Waals surface area contributed by atoms with Crippen molar-refractivity contribution < 1.29 is 38.2 Å². The molecule has 2 unspecified atom stereocenters. The summed E-state index contributed by atoms with van der Waals surface area (Å²) in [7, 11) is 5.49. The Morgan fingerprint density at radius 3 is 1.40 bits per heavy atom. The fourth-order valence-corrected chi connectivity index (χ4v) is 5.85. The summed E-state index contributed by atoms with van der Waals surface area (Å²) in [6, 6.07) is -0.630. The topological polar surface area (TPSA) is 99.1 Å². The van der Waals surface area contributed by atoms with Crippen LogP contribution in [-0.2, 0) is 28.6 Å². The summed E-state index contributed by atoms with van der Waals surface area (Å²) in [5.41, 5.74) is 0. The number of unbranched alkanes of at least 4 members (excludes halogenated alkanes) is 8. The molecule has 0 heterocycles. The minimum atomic E-state index is -0.889. The van der Waals surface area contributed by atoms with Crippen molar-refractivity contribution in [3.8, 4) is 0 Å². The third-order valence-electron chi connectivity index (χ3n) is 9.23. The van der Waals surface area contributed by atoms with Gasteiger partial charge in [-0.25, -0.2) is 4.79 Å². The number of ether oxygens (including phenoxy) is 3. The zero-order valence-corrected chi connectivity index (χ0v) is 37.2. The van der Waals surface area contributed by atoms with Crippen molar-refractivity contribution in [1.82, 2.24) is 0 Å². The number of rotatable bonds is 38. The van der Waals surface area contributed by atoms with E-state index in [1.807, 2.05) is 21.1 Å². The highest BCUT2D eigenvalue weighted by Crippen LogP contribution is 2.13. The lowest BCUT2D eigenvalue weighted by molar-refractivity contribution is -0.887.